The van der Waals surface area contributed by atoms with Gasteiger partial charge in [-0.3, -0.25) is 9.78 Å². The molecule has 0 saturated carbocycles. The maximum absolute atomic E-state index is 12.5. The molecule has 1 aliphatic rings. The molecule has 3 heterocycles. The lowest BCUT2D eigenvalue weighted by molar-refractivity contribution is 0.296. The summed E-state index contributed by atoms with van der Waals surface area (Å²) in [6, 6.07) is 9.50. The SMILES string of the molecule is Cc1ccc(OCc2nc3c(CNCC4CCNCC4)nccc3c(=O)[nH]2)cc1. The molecular formula is C22H27N5O2. The van der Waals surface area contributed by atoms with Gasteiger partial charge in [-0.05, 0) is 63.5 Å². The van der Waals surface area contributed by atoms with Crippen molar-refractivity contribution in [2.45, 2.75) is 32.9 Å². The van der Waals surface area contributed by atoms with Crippen molar-refractivity contribution in [3.63, 3.8) is 0 Å². The molecule has 1 aromatic carbocycles. The molecule has 152 valence electrons. The molecule has 1 saturated heterocycles. The van der Waals surface area contributed by atoms with Gasteiger partial charge in [0.25, 0.3) is 5.56 Å². The summed E-state index contributed by atoms with van der Waals surface area (Å²) >= 11 is 0. The van der Waals surface area contributed by atoms with Crippen LogP contribution in [0.3, 0.4) is 0 Å². The summed E-state index contributed by atoms with van der Waals surface area (Å²) < 4.78 is 5.78. The Labute approximate surface area is 169 Å². The smallest absolute Gasteiger partial charge is 0.258 e. The molecule has 1 fully saturated rings. The molecule has 2 aromatic heterocycles. The fourth-order valence-electron chi connectivity index (χ4n) is 3.63. The van der Waals surface area contributed by atoms with Crippen LogP contribution in [0.5, 0.6) is 5.75 Å². The second-order valence-electron chi connectivity index (χ2n) is 7.59. The molecule has 29 heavy (non-hydrogen) atoms. The minimum Gasteiger partial charge on any atom is -0.486 e. The number of hydrogen-bond acceptors (Lipinski definition) is 6. The quantitative estimate of drug-likeness (QED) is 0.570. The summed E-state index contributed by atoms with van der Waals surface area (Å²) in [4.78, 5) is 24.5. The topological polar surface area (TPSA) is 91.9 Å². The first-order valence-corrected chi connectivity index (χ1v) is 10.2. The van der Waals surface area contributed by atoms with Gasteiger partial charge < -0.3 is 20.4 Å². The lowest BCUT2D eigenvalue weighted by Gasteiger charge is -2.22. The van der Waals surface area contributed by atoms with Crippen LogP contribution in [-0.4, -0.2) is 34.6 Å². The number of fused-ring (bicyclic) bond motifs is 1. The molecule has 7 nitrogen and oxygen atoms in total. The van der Waals surface area contributed by atoms with Crippen molar-refractivity contribution in [2.24, 2.45) is 5.92 Å². The first kappa shape index (κ1) is 19.5. The fraction of sp³-hybridized carbons (Fsp3) is 0.409. The number of ether oxygens (including phenoxy) is 1. The normalized spacial score (nSPS) is 14.9. The molecule has 3 aromatic rings. The lowest BCUT2D eigenvalue weighted by atomic mass is 9.98. The highest BCUT2D eigenvalue weighted by Gasteiger charge is 2.14. The van der Waals surface area contributed by atoms with Crippen molar-refractivity contribution < 1.29 is 4.74 Å². The number of nitrogens with zero attached hydrogens (tertiary/aromatic N) is 2. The van der Waals surface area contributed by atoms with Crippen LogP contribution in [0.15, 0.2) is 41.3 Å². The first-order valence-electron chi connectivity index (χ1n) is 10.2. The summed E-state index contributed by atoms with van der Waals surface area (Å²) in [5.74, 6) is 1.92. The minimum atomic E-state index is -0.167. The van der Waals surface area contributed by atoms with E-state index in [-0.39, 0.29) is 12.2 Å². The predicted molar refractivity (Wildman–Crippen MR) is 113 cm³/mol. The van der Waals surface area contributed by atoms with Crippen LogP contribution in [0.4, 0.5) is 0 Å². The van der Waals surface area contributed by atoms with E-state index in [2.05, 4.69) is 25.6 Å². The summed E-state index contributed by atoms with van der Waals surface area (Å²) in [6.07, 6.45) is 4.05. The molecule has 1 aliphatic heterocycles. The molecule has 0 atom stereocenters. The first-order chi connectivity index (χ1) is 14.2. The van der Waals surface area contributed by atoms with Crippen LogP contribution in [0, 0.1) is 12.8 Å². The Morgan fingerprint density at radius 3 is 2.76 bits per heavy atom. The highest BCUT2D eigenvalue weighted by molar-refractivity contribution is 5.79. The maximum atomic E-state index is 12.5. The number of aromatic nitrogens is 3. The summed E-state index contributed by atoms with van der Waals surface area (Å²) in [5, 5.41) is 7.43. The third-order valence-corrected chi connectivity index (χ3v) is 5.33. The van der Waals surface area contributed by atoms with Crippen LogP contribution < -0.4 is 20.9 Å². The second kappa shape index (κ2) is 9.15. The van der Waals surface area contributed by atoms with Gasteiger partial charge in [-0.1, -0.05) is 17.7 Å². The number of hydrogen-bond donors (Lipinski definition) is 3. The Morgan fingerprint density at radius 2 is 1.97 bits per heavy atom. The number of H-pyrrole nitrogens is 1. The number of aryl methyl sites for hydroxylation is 1. The molecule has 0 bridgehead atoms. The molecule has 0 aliphatic carbocycles. The monoisotopic (exact) mass is 393 g/mol. The Bertz CT molecular complexity index is 1010. The van der Waals surface area contributed by atoms with E-state index < -0.39 is 0 Å². The van der Waals surface area contributed by atoms with Crippen LogP contribution >= 0.6 is 0 Å². The molecule has 0 radical (unpaired) electrons. The van der Waals surface area contributed by atoms with Crippen molar-refractivity contribution in [1.82, 2.24) is 25.6 Å². The lowest BCUT2D eigenvalue weighted by Crippen LogP contribution is -2.33. The van der Waals surface area contributed by atoms with Gasteiger partial charge in [0, 0.05) is 12.7 Å². The number of pyridine rings is 1. The molecule has 3 N–H and O–H groups in total. The van der Waals surface area contributed by atoms with E-state index in [0.717, 1.165) is 31.1 Å². The van der Waals surface area contributed by atoms with E-state index in [0.29, 0.717) is 29.2 Å². The second-order valence-corrected chi connectivity index (χ2v) is 7.59. The number of nitrogens with one attached hydrogen (secondary N) is 3. The van der Waals surface area contributed by atoms with Crippen LogP contribution in [0.2, 0.25) is 0 Å². The van der Waals surface area contributed by atoms with E-state index >= 15 is 0 Å². The summed E-state index contributed by atoms with van der Waals surface area (Å²) in [5.41, 5.74) is 2.43. The van der Waals surface area contributed by atoms with Gasteiger partial charge in [-0.2, -0.15) is 0 Å². The minimum absolute atomic E-state index is 0.167. The Morgan fingerprint density at radius 1 is 1.17 bits per heavy atom. The molecule has 7 heteroatoms. The van der Waals surface area contributed by atoms with Crippen molar-refractivity contribution in [1.29, 1.82) is 0 Å². The Kier molecular flexibility index (Phi) is 6.17. The number of piperidine rings is 1. The average Bonchev–Trinajstić information content (AvgIpc) is 2.74. The third kappa shape index (κ3) is 4.99. The van der Waals surface area contributed by atoms with Crippen LogP contribution in [0.25, 0.3) is 10.9 Å². The molecule has 0 spiro atoms. The van der Waals surface area contributed by atoms with Crippen molar-refractivity contribution in [2.75, 3.05) is 19.6 Å². The van der Waals surface area contributed by atoms with E-state index in [1.807, 2.05) is 31.2 Å². The van der Waals surface area contributed by atoms with Gasteiger partial charge in [0.05, 0.1) is 11.1 Å². The molecule has 0 amide bonds. The highest BCUT2D eigenvalue weighted by Crippen LogP contribution is 2.15. The Hall–Kier alpha value is -2.77. The van der Waals surface area contributed by atoms with Gasteiger partial charge in [-0.25, -0.2) is 4.98 Å². The number of benzene rings is 1. The van der Waals surface area contributed by atoms with Crippen molar-refractivity contribution >= 4 is 10.9 Å². The maximum Gasteiger partial charge on any atom is 0.258 e. The van der Waals surface area contributed by atoms with Gasteiger partial charge >= 0.3 is 0 Å². The third-order valence-electron chi connectivity index (χ3n) is 5.33. The molecule has 0 unspecified atom stereocenters. The highest BCUT2D eigenvalue weighted by atomic mass is 16.5. The zero-order chi connectivity index (χ0) is 20.1. The average molecular weight is 393 g/mol. The van der Waals surface area contributed by atoms with E-state index in [1.54, 1.807) is 12.3 Å². The standard InChI is InChI=1S/C22H27N5O2/c1-15-2-4-17(5-3-15)29-14-20-26-21-18(22(28)27-20)8-11-25-19(21)13-24-12-16-6-9-23-10-7-16/h2-5,8,11,16,23-24H,6-7,9-10,12-14H2,1H3,(H,26,27,28). The summed E-state index contributed by atoms with van der Waals surface area (Å²) in [7, 11) is 0. The largest absolute Gasteiger partial charge is 0.486 e. The molecule has 4 rings (SSSR count). The van der Waals surface area contributed by atoms with E-state index in [1.165, 1.54) is 18.4 Å². The van der Waals surface area contributed by atoms with Gasteiger partial charge in [0.15, 0.2) is 0 Å². The summed E-state index contributed by atoms with van der Waals surface area (Å²) in [6.45, 7) is 5.94. The zero-order valence-electron chi connectivity index (χ0n) is 16.7. The van der Waals surface area contributed by atoms with Crippen LogP contribution in [0.1, 0.15) is 29.9 Å². The zero-order valence-corrected chi connectivity index (χ0v) is 16.7. The van der Waals surface area contributed by atoms with Crippen molar-refractivity contribution in [3.8, 4) is 5.75 Å². The molecular weight excluding hydrogens is 366 g/mol. The van der Waals surface area contributed by atoms with Crippen LogP contribution in [-0.2, 0) is 13.2 Å². The predicted octanol–water partition coefficient (Wildman–Crippen LogP) is 2.29. The van der Waals surface area contributed by atoms with E-state index in [9.17, 15) is 4.79 Å². The number of aromatic amines is 1. The van der Waals surface area contributed by atoms with E-state index in [4.69, 9.17) is 4.74 Å². The Balaban J connectivity index is 1.47. The van der Waals surface area contributed by atoms with Crippen molar-refractivity contribution in [3.05, 3.63) is 64.0 Å². The number of rotatable bonds is 7. The van der Waals surface area contributed by atoms with Gasteiger partial charge in [0.2, 0.25) is 0 Å². The van der Waals surface area contributed by atoms with Gasteiger partial charge in [-0.15, -0.1) is 0 Å². The fourth-order valence-corrected chi connectivity index (χ4v) is 3.63. The van der Waals surface area contributed by atoms with Gasteiger partial charge in [0.1, 0.15) is 23.7 Å².